The standard InChI is InChI=1S/C33H34N8O5S/c1-3-13-39(33(45)36-16-20-7-10-23(46-2)11-8-20)40-19-29(43)41-25(15-21-9-12-26(42)24(34)14-21)31(44)38(18-28(40)41)17-22-5-4-6-27-30(22)37-32(35)47-27/h1,4-12,14,25,28,42H,13,15-19,34H2,2H3,(H2,35,37)(H,36,45)/t25-,28+/m0/s1. The van der Waals surface area contributed by atoms with Gasteiger partial charge < -0.3 is 36.4 Å². The van der Waals surface area contributed by atoms with E-state index in [0.29, 0.717) is 22.0 Å². The van der Waals surface area contributed by atoms with Crippen molar-refractivity contribution in [3.8, 4) is 23.8 Å². The average Bonchev–Trinajstić information content (AvgIpc) is 3.61. The molecule has 1 aromatic heterocycles. The number of para-hydroxylation sites is 1. The zero-order valence-electron chi connectivity index (χ0n) is 25.6. The smallest absolute Gasteiger partial charge is 0.333 e. The van der Waals surface area contributed by atoms with Gasteiger partial charge >= 0.3 is 6.03 Å². The summed E-state index contributed by atoms with van der Waals surface area (Å²) in [6, 6.07) is 16.3. The Balaban J connectivity index is 1.31. The summed E-state index contributed by atoms with van der Waals surface area (Å²) < 4.78 is 6.11. The first-order chi connectivity index (χ1) is 22.7. The number of amides is 4. The third kappa shape index (κ3) is 6.31. The maximum absolute atomic E-state index is 14.2. The van der Waals surface area contributed by atoms with Crippen LogP contribution >= 0.6 is 11.3 Å². The number of benzene rings is 3. The van der Waals surface area contributed by atoms with Crippen LogP contribution in [0.4, 0.5) is 15.6 Å². The summed E-state index contributed by atoms with van der Waals surface area (Å²) >= 11 is 1.36. The van der Waals surface area contributed by atoms with E-state index in [0.717, 1.165) is 15.8 Å². The maximum atomic E-state index is 14.2. The number of urea groups is 1. The Hall–Kier alpha value is -5.52. The molecule has 2 aliphatic rings. The van der Waals surface area contributed by atoms with E-state index < -0.39 is 18.2 Å². The van der Waals surface area contributed by atoms with Crippen molar-refractivity contribution >= 4 is 50.2 Å². The van der Waals surface area contributed by atoms with Crippen LogP contribution in [-0.2, 0) is 29.1 Å². The number of piperazine rings is 1. The van der Waals surface area contributed by atoms with E-state index in [4.69, 9.17) is 22.6 Å². The maximum Gasteiger partial charge on any atom is 0.333 e. The number of aromatic hydroxyl groups is 1. The highest BCUT2D eigenvalue weighted by atomic mass is 32.1. The van der Waals surface area contributed by atoms with Gasteiger partial charge in [-0.25, -0.2) is 14.8 Å². The molecule has 4 amide bonds. The number of hydrogen-bond acceptors (Lipinski definition) is 10. The van der Waals surface area contributed by atoms with E-state index in [1.54, 1.807) is 41.3 Å². The van der Waals surface area contributed by atoms with Crippen LogP contribution in [0.25, 0.3) is 10.2 Å². The highest BCUT2D eigenvalue weighted by Gasteiger charge is 2.52. The summed E-state index contributed by atoms with van der Waals surface area (Å²) in [7, 11) is 1.58. The monoisotopic (exact) mass is 654 g/mol. The molecule has 3 heterocycles. The van der Waals surface area contributed by atoms with E-state index in [-0.39, 0.29) is 62.4 Å². The first-order valence-corrected chi connectivity index (χ1v) is 15.7. The summed E-state index contributed by atoms with van der Waals surface area (Å²) in [6.45, 7) is 0.281. The van der Waals surface area contributed by atoms with Gasteiger partial charge in [-0.15, -0.1) is 6.42 Å². The summed E-state index contributed by atoms with van der Waals surface area (Å²) in [5.74, 6) is 2.56. The van der Waals surface area contributed by atoms with Gasteiger partial charge in [-0.3, -0.25) is 9.59 Å². The number of carbonyl (C=O) groups excluding carboxylic acids is 3. The average molecular weight is 655 g/mol. The summed E-state index contributed by atoms with van der Waals surface area (Å²) in [6.07, 6.45) is 5.16. The molecule has 0 radical (unpaired) electrons. The molecule has 14 heteroatoms. The second-order valence-corrected chi connectivity index (χ2v) is 12.4. The zero-order chi connectivity index (χ0) is 33.2. The predicted molar refractivity (Wildman–Crippen MR) is 178 cm³/mol. The topological polar surface area (TPSA) is 171 Å². The van der Waals surface area contributed by atoms with Crippen molar-refractivity contribution in [1.29, 1.82) is 0 Å². The fourth-order valence-corrected chi connectivity index (χ4v) is 6.86. The lowest BCUT2D eigenvalue weighted by molar-refractivity contribution is -0.157. The number of phenols is 1. The lowest BCUT2D eigenvalue weighted by atomic mass is 9.99. The van der Waals surface area contributed by atoms with Crippen molar-refractivity contribution in [2.24, 2.45) is 0 Å². The number of terminal acetylenes is 1. The number of nitrogens with two attached hydrogens (primary N) is 2. The molecular formula is C33H34N8O5S. The molecule has 6 rings (SSSR count). The molecule has 0 spiro atoms. The zero-order valence-corrected chi connectivity index (χ0v) is 26.4. The SMILES string of the molecule is C#CCN(C(=O)NCc1ccc(OC)cc1)N1CC(=O)N2[C@@H](Cc3ccc(O)c(N)c3)C(=O)N(Cc3cccc4sc(N)nc34)C[C@@H]21. The van der Waals surface area contributed by atoms with Gasteiger partial charge in [-0.05, 0) is 47.0 Å². The minimum Gasteiger partial charge on any atom is -0.506 e. The lowest BCUT2D eigenvalue weighted by Crippen LogP contribution is -2.66. The Labute approximate surface area is 275 Å². The largest absolute Gasteiger partial charge is 0.506 e. The number of phenolic OH excluding ortho intramolecular Hbond substituents is 1. The van der Waals surface area contributed by atoms with Gasteiger partial charge in [-0.2, -0.15) is 5.01 Å². The molecule has 0 saturated carbocycles. The third-order valence-electron chi connectivity index (χ3n) is 8.36. The van der Waals surface area contributed by atoms with Gasteiger partial charge in [0.25, 0.3) is 0 Å². The first kappa shape index (κ1) is 31.5. The number of methoxy groups -OCH3 is 1. The fourth-order valence-electron chi connectivity index (χ4n) is 6.08. The Kier molecular flexibility index (Phi) is 8.75. The number of ether oxygens (including phenoxy) is 1. The van der Waals surface area contributed by atoms with Crippen molar-refractivity contribution in [3.05, 3.63) is 77.4 Å². The van der Waals surface area contributed by atoms with E-state index >= 15 is 0 Å². The van der Waals surface area contributed by atoms with Gasteiger partial charge in [0.2, 0.25) is 11.8 Å². The van der Waals surface area contributed by atoms with Crippen LogP contribution in [0.15, 0.2) is 60.7 Å². The van der Waals surface area contributed by atoms with Gasteiger partial charge in [0.05, 0.1) is 42.6 Å². The minimum atomic E-state index is -0.912. The molecule has 47 heavy (non-hydrogen) atoms. The normalized spacial score (nSPS) is 17.9. The highest BCUT2D eigenvalue weighted by molar-refractivity contribution is 7.22. The van der Waals surface area contributed by atoms with E-state index in [9.17, 15) is 19.5 Å². The second-order valence-electron chi connectivity index (χ2n) is 11.3. The molecule has 0 aliphatic carbocycles. The molecule has 13 nitrogen and oxygen atoms in total. The van der Waals surface area contributed by atoms with Gasteiger partial charge in [-0.1, -0.05) is 47.6 Å². The number of hydrazine groups is 1. The molecule has 2 aliphatic heterocycles. The summed E-state index contributed by atoms with van der Waals surface area (Å²) in [5.41, 5.74) is 15.2. The Morgan fingerprint density at radius 1 is 1.17 bits per heavy atom. The number of nitrogens with zero attached hydrogens (tertiary/aromatic N) is 5. The van der Waals surface area contributed by atoms with Crippen molar-refractivity contribution in [3.63, 3.8) is 0 Å². The molecule has 3 aromatic carbocycles. The van der Waals surface area contributed by atoms with Crippen molar-refractivity contribution in [2.75, 3.05) is 38.2 Å². The lowest BCUT2D eigenvalue weighted by Gasteiger charge is -2.46. The van der Waals surface area contributed by atoms with Crippen molar-refractivity contribution < 1.29 is 24.2 Å². The molecule has 0 bridgehead atoms. The number of anilines is 2. The van der Waals surface area contributed by atoms with Crippen LogP contribution in [-0.4, -0.2) is 86.7 Å². The first-order valence-electron chi connectivity index (χ1n) is 14.9. The molecule has 242 valence electrons. The molecule has 6 N–H and O–H groups in total. The van der Waals surface area contributed by atoms with Crippen LogP contribution in [0.3, 0.4) is 0 Å². The van der Waals surface area contributed by atoms with E-state index in [1.165, 1.54) is 27.3 Å². The van der Waals surface area contributed by atoms with Crippen LogP contribution in [0.5, 0.6) is 11.5 Å². The number of fused-ring (bicyclic) bond motifs is 2. The molecular weight excluding hydrogens is 620 g/mol. The number of carbonyl (C=O) groups is 3. The Bertz CT molecular complexity index is 1870. The number of nitrogens with one attached hydrogen (secondary N) is 1. The molecule has 2 atom stereocenters. The van der Waals surface area contributed by atoms with Gasteiger partial charge in [0.15, 0.2) is 5.13 Å². The fraction of sp³-hybridized carbons (Fsp3) is 0.273. The summed E-state index contributed by atoms with van der Waals surface area (Å²) in [4.78, 5) is 49.2. The van der Waals surface area contributed by atoms with E-state index in [2.05, 4.69) is 16.2 Å². The quantitative estimate of drug-likeness (QED) is 0.120. The molecule has 0 unspecified atom stereocenters. The van der Waals surface area contributed by atoms with Crippen LogP contribution in [0.2, 0.25) is 0 Å². The Morgan fingerprint density at radius 2 is 1.94 bits per heavy atom. The number of hydrogen-bond donors (Lipinski definition) is 4. The molecule has 4 aromatic rings. The van der Waals surface area contributed by atoms with Gasteiger partial charge in [0, 0.05) is 19.5 Å². The number of aromatic nitrogens is 1. The second kappa shape index (κ2) is 13.1. The number of thiazole rings is 1. The van der Waals surface area contributed by atoms with Crippen LogP contribution in [0, 0.1) is 12.3 Å². The predicted octanol–water partition coefficient (Wildman–Crippen LogP) is 2.36. The minimum absolute atomic E-state index is 0.0761. The molecule has 2 saturated heterocycles. The summed E-state index contributed by atoms with van der Waals surface area (Å²) in [5, 5.41) is 16.3. The van der Waals surface area contributed by atoms with Crippen LogP contribution in [0.1, 0.15) is 16.7 Å². The van der Waals surface area contributed by atoms with Crippen LogP contribution < -0.4 is 21.5 Å². The third-order valence-corrected chi connectivity index (χ3v) is 9.21. The van der Waals surface area contributed by atoms with Crippen molar-refractivity contribution in [1.82, 2.24) is 30.1 Å². The number of nitrogen functional groups attached to an aromatic ring is 2. The van der Waals surface area contributed by atoms with Gasteiger partial charge in [0.1, 0.15) is 23.7 Å². The van der Waals surface area contributed by atoms with E-state index in [1.807, 2.05) is 30.3 Å². The molecule has 2 fully saturated rings. The highest BCUT2D eigenvalue weighted by Crippen LogP contribution is 2.33. The van der Waals surface area contributed by atoms with Crippen molar-refractivity contribution in [2.45, 2.75) is 31.7 Å². The number of rotatable bonds is 9. The Morgan fingerprint density at radius 3 is 2.66 bits per heavy atom.